The van der Waals surface area contributed by atoms with Gasteiger partial charge in [-0.3, -0.25) is 0 Å². The number of thiazole rings is 1. The Bertz CT molecular complexity index is 806. The van der Waals surface area contributed by atoms with Gasteiger partial charge in [0.25, 0.3) is 0 Å². The van der Waals surface area contributed by atoms with Crippen molar-refractivity contribution in [3.63, 3.8) is 0 Å². The Balaban J connectivity index is 1.44. The van der Waals surface area contributed by atoms with Crippen LogP contribution in [-0.4, -0.2) is 34.7 Å². The average molecular weight is 450 g/mol. The lowest BCUT2D eigenvalue weighted by Gasteiger charge is -2.13. The highest BCUT2D eigenvalue weighted by molar-refractivity contribution is 7.93. The average Bonchev–Trinajstić information content (AvgIpc) is 3.24. The molecule has 0 bridgehead atoms. The summed E-state index contributed by atoms with van der Waals surface area (Å²) in [6.45, 7) is 2.36. The van der Waals surface area contributed by atoms with Gasteiger partial charge in [0, 0.05) is 30.8 Å². The third kappa shape index (κ3) is 6.16. The van der Waals surface area contributed by atoms with Crippen molar-refractivity contribution >= 4 is 45.1 Å². The molecule has 0 saturated heterocycles. The van der Waals surface area contributed by atoms with E-state index in [1.807, 2.05) is 0 Å². The van der Waals surface area contributed by atoms with Gasteiger partial charge < -0.3 is 20.9 Å². The molecular formula is C17H22ClF2N5OS2. The van der Waals surface area contributed by atoms with E-state index in [-0.39, 0.29) is 20.6 Å². The number of anilines is 2. The van der Waals surface area contributed by atoms with Gasteiger partial charge in [-0.25, -0.2) is 9.37 Å². The SMILES string of the molecule is NC1(CNCCCCNc2cc(F)c([S+]([O-])Nc3ncc(F)s3)cc2Cl)CC1. The van der Waals surface area contributed by atoms with Crippen LogP contribution in [0.4, 0.5) is 19.6 Å². The van der Waals surface area contributed by atoms with Crippen LogP contribution in [0.2, 0.25) is 5.02 Å². The molecule has 1 atom stereocenters. The molecule has 0 aliphatic heterocycles. The lowest BCUT2D eigenvalue weighted by molar-refractivity contribution is 0.552. The van der Waals surface area contributed by atoms with Crippen molar-refractivity contribution in [1.82, 2.24) is 10.3 Å². The second kappa shape index (κ2) is 9.55. The number of hydrogen-bond donors (Lipinski definition) is 4. The molecule has 1 unspecified atom stereocenters. The Morgan fingerprint density at radius 2 is 2.04 bits per heavy atom. The van der Waals surface area contributed by atoms with Crippen molar-refractivity contribution in [1.29, 1.82) is 0 Å². The van der Waals surface area contributed by atoms with E-state index in [2.05, 4.69) is 20.3 Å². The Labute approximate surface area is 174 Å². The van der Waals surface area contributed by atoms with E-state index >= 15 is 0 Å². The number of unbranched alkanes of at least 4 members (excludes halogenated alkanes) is 1. The minimum Gasteiger partial charge on any atom is -0.588 e. The molecule has 11 heteroatoms. The lowest BCUT2D eigenvalue weighted by atomic mass is 10.2. The maximum Gasteiger partial charge on any atom is 0.228 e. The van der Waals surface area contributed by atoms with Crippen LogP contribution in [0.25, 0.3) is 0 Å². The molecule has 154 valence electrons. The third-order valence-electron chi connectivity index (χ3n) is 4.34. The van der Waals surface area contributed by atoms with E-state index in [4.69, 9.17) is 17.3 Å². The predicted molar refractivity (Wildman–Crippen MR) is 110 cm³/mol. The van der Waals surface area contributed by atoms with Crippen molar-refractivity contribution < 1.29 is 13.3 Å². The highest BCUT2D eigenvalue weighted by Gasteiger charge is 2.37. The molecule has 5 N–H and O–H groups in total. The number of hydrogen-bond acceptors (Lipinski definition) is 7. The van der Waals surface area contributed by atoms with Crippen LogP contribution in [0.3, 0.4) is 0 Å². The number of rotatable bonds is 11. The van der Waals surface area contributed by atoms with Gasteiger partial charge in [0.1, 0.15) is 11.4 Å². The molecule has 1 aromatic carbocycles. The summed E-state index contributed by atoms with van der Waals surface area (Å²) in [4.78, 5) is 3.58. The van der Waals surface area contributed by atoms with Gasteiger partial charge in [0.05, 0.1) is 16.9 Å². The molecule has 1 aliphatic carbocycles. The van der Waals surface area contributed by atoms with Crippen LogP contribution in [0, 0.1) is 10.9 Å². The largest absolute Gasteiger partial charge is 0.588 e. The summed E-state index contributed by atoms with van der Waals surface area (Å²) in [7, 11) is 0. The van der Waals surface area contributed by atoms with Crippen molar-refractivity contribution in [3.8, 4) is 0 Å². The first kappa shape index (κ1) is 21.5. The molecule has 1 aromatic heterocycles. The summed E-state index contributed by atoms with van der Waals surface area (Å²) in [5.74, 6) is -0.672. The highest BCUT2D eigenvalue weighted by Crippen LogP contribution is 2.31. The third-order valence-corrected chi connectivity index (χ3v) is 6.58. The van der Waals surface area contributed by atoms with E-state index < -0.39 is 22.3 Å². The molecule has 0 amide bonds. The van der Waals surface area contributed by atoms with Crippen molar-refractivity contribution in [3.05, 3.63) is 34.3 Å². The molecule has 28 heavy (non-hydrogen) atoms. The molecule has 0 spiro atoms. The summed E-state index contributed by atoms with van der Waals surface area (Å²) in [6.07, 6.45) is 5.01. The standard InChI is InChI=1S/C17H22ClF2N5OS2/c18-11-7-14(28(26)25-16-24-9-15(20)27-16)12(19)8-13(11)23-6-2-1-5-22-10-17(21)3-4-17/h7-9,22-23H,1-6,10,21H2,(H,24,25). The molecule has 1 fully saturated rings. The summed E-state index contributed by atoms with van der Waals surface area (Å²) in [5.41, 5.74) is 6.45. The first-order valence-electron chi connectivity index (χ1n) is 8.89. The first-order valence-corrected chi connectivity index (χ1v) is 11.2. The van der Waals surface area contributed by atoms with Gasteiger partial charge in [-0.05, 0) is 32.2 Å². The molecule has 1 saturated carbocycles. The Morgan fingerprint density at radius 1 is 1.29 bits per heavy atom. The molecule has 2 aromatic rings. The van der Waals surface area contributed by atoms with E-state index in [9.17, 15) is 13.3 Å². The summed E-state index contributed by atoms with van der Waals surface area (Å²) in [5, 5.41) is 6.26. The Morgan fingerprint density at radius 3 is 2.71 bits per heavy atom. The highest BCUT2D eigenvalue weighted by atomic mass is 35.5. The number of nitrogens with two attached hydrogens (primary N) is 1. The molecular weight excluding hydrogens is 428 g/mol. The fraction of sp³-hybridized carbons (Fsp3) is 0.471. The minimum absolute atomic E-state index is 0.00766. The van der Waals surface area contributed by atoms with E-state index in [1.54, 1.807) is 0 Å². The second-order valence-electron chi connectivity index (χ2n) is 6.78. The smallest absolute Gasteiger partial charge is 0.228 e. The van der Waals surface area contributed by atoms with E-state index in [1.165, 1.54) is 12.1 Å². The van der Waals surface area contributed by atoms with Gasteiger partial charge in [0.15, 0.2) is 10.9 Å². The molecule has 6 nitrogen and oxygen atoms in total. The fourth-order valence-electron chi connectivity index (χ4n) is 2.51. The van der Waals surface area contributed by atoms with E-state index in [0.29, 0.717) is 23.6 Å². The molecule has 1 heterocycles. The normalized spacial score (nSPS) is 16.0. The first-order chi connectivity index (χ1) is 13.4. The monoisotopic (exact) mass is 449 g/mol. The second-order valence-corrected chi connectivity index (χ2v) is 9.35. The number of nitrogens with one attached hydrogen (secondary N) is 3. The van der Waals surface area contributed by atoms with Crippen LogP contribution in [-0.2, 0) is 11.4 Å². The topological polar surface area (TPSA) is 98.1 Å². The summed E-state index contributed by atoms with van der Waals surface area (Å²) >= 11 is 4.93. The predicted octanol–water partition coefficient (Wildman–Crippen LogP) is 3.48. The maximum atomic E-state index is 14.3. The van der Waals surface area contributed by atoms with E-state index in [0.717, 1.165) is 45.0 Å². The van der Waals surface area contributed by atoms with Crippen molar-refractivity contribution in [2.24, 2.45) is 5.73 Å². The lowest BCUT2D eigenvalue weighted by Crippen LogP contribution is -2.36. The van der Waals surface area contributed by atoms with Gasteiger partial charge in [-0.15, -0.1) is 0 Å². The molecule has 1 aliphatic rings. The fourth-order valence-corrected chi connectivity index (χ4v) is 4.38. The van der Waals surface area contributed by atoms with Crippen LogP contribution < -0.4 is 21.1 Å². The zero-order valence-electron chi connectivity index (χ0n) is 15.1. The molecule has 0 radical (unpaired) electrons. The zero-order chi connectivity index (χ0) is 20.1. The number of benzene rings is 1. The minimum atomic E-state index is -1.94. The number of halogens is 3. The zero-order valence-corrected chi connectivity index (χ0v) is 17.5. The maximum absolute atomic E-state index is 14.3. The van der Waals surface area contributed by atoms with Gasteiger partial charge >= 0.3 is 0 Å². The van der Waals surface area contributed by atoms with Gasteiger partial charge in [-0.2, -0.15) is 9.11 Å². The van der Waals surface area contributed by atoms with Gasteiger partial charge in [0.2, 0.25) is 10.0 Å². The Kier molecular flexibility index (Phi) is 7.35. The number of nitrogens with zero attached hydrogens (tertiary/aromatic N) is 1. The van der Waals surface area contributed by atoms with Crippen LogP contribution in [0.15, 0.2) is 23.2 Å². The van der Waals surface area contributed by atoms with Crippen LogP contribution in [0.1, 0.15) is 25.7 Å². The number of aromatic nitrogens is 1. The Hall–Kier alpha value is -1.17. The molecule has 3 rings (SSSR count). The van der Waals surface area contributed by atoms with Crippen molar-refractivity contribution in [2.75, 3.05) is 29.7 Å². The van der Waals surface area contributed by atoms with Gasteiger partial charge in [-0.1, -0.05) is 22.9 Å². The summed E-state index contributed by atoms with van der Waals surface area (Å²) < 4.78 is 42.0. The van der Waals surface area contributed by atoms with Crippen molar-refractivity contribution in [2.45, 2.75) is 36.1 Å². The summed E-state index contributed by atoms with van der Waals surface area (Å²) in [6, 6.07) is 2.51. The van der Waals surface area contributed by atoms with Crippen LogP contribution in [0.5, 0.6) is 0 Å². The quantitative estimate of drug-likeness (QED) is 0.309. The van der Waals surface area contributed by atoms with Crippen LogP contribution >= 0.6 is 22.9 Å².